The summed E-state index contributed by atoms with van der Waals surface area (Å²) >= 11 is 11.8. The molecule has 1 unspecified atom stereocenters. The molecule has 0 aliphatic rings. The van der Waals surface area contributed by atoms with Crippen molar-refractivity contribution in [2.75, 3.05) is 5.32 Å². The summed E-state index contributed by atoms with van der Waals surface area (Å²) in [5.41, 5.74) is 0.551. The van der Waals surface area contributed by atoms with E-state index < -0.39 is 12.0 Å². The van der Waals surface area contributed by atoms with Gasteiger partial charge in [0.25, 0.3) is 0 Å². The number of aliphatic carboxylic acids is 1. The van der Waals surface area contributed by atoms with Crippen LogP contribution in [0.3, 0.4) is 0 Å². The van der Waals surface area contributed by atoms with Crippen LogP contribution in [0.4, 0.5) is 5.69 Å². The fourth-order valence-electron chi connectivity index (χ4n) is 1.35. The summed E-state index contributed by atoms with van der Waals surface area (Å²) in [6.45, 7) is 1.93. The number of hydrogen-bond donors (Lipinski definition) is 2. The first kappa shape index (κ1) is 13.1. The average molecular weight is 262 g/mol. The van der Waals surface area contributed by atoms with E-state index in [9.17, 15) is 4.79 Å². The Balaban J connectivity index is 2.85. The zero-order valence-electron chi connectivity index (χ0n) is 8.84. The van der Waals surface area contributed by atoms with Crippen LogP contribution in [-0.4, -0.2) is 17.1 Å². The molecule has 5 heteroatoms. The molecule has 0 heterocycles. The van der Waals surface area contributed by atoms with Crippen molar-refractivity contribution in [3.63, 3.8) is 0 Å². The predicted molar refractivity (Wildman–Crippen MR) is 66.4 cm³/mol. The zero-order valence-corrected chi connectivity index (χ0v) is 10.3. The van der Waals surface area contributed by atoms with Crippen LogP contribution in [0, 0.1) is 0 Å². The molecule has 0 aliphatic heterocycles. The van der Waals surface area contributed by atoms with Crippen LogP contribution in [-0.2, 0) is 4.79 Å². The summed E-state index contributed by atoms with van der Waals surface area (Å²) in [7, 11) is 0. The Labute approximate surface area is 104 Å². The fraction of sp³-hybridized carbons (Fsp3) is 0.364. The molecule has 1 rings (SSSR count). The van der Waals surface area contributed by atoms with E-state index in [0.717, 1.165) is 6.42 Å². The van der Waals surface area contributed by atoms with E-state index in [1.54, 1.807) is 18.2 Å². The highest BCUT2D eigenvalue weighted by atomic mass is 35.5. The van der Waals surface area contributed by atoms with E-state index in [-0.39, 0.29) is 0 Å². The normalized spacial score (nSPS) is 12.2. The molecule has 0 spiro atoms. The molecule has 0 fully saturated rings. The smallest absolute Gasteiger partial charge is 0.326 e. The van der Waals surface area contributed by atoms with E-state index in [1.165, 1.54) is 0 Å². The summed E-state index contributed by atoms with van der Waals surface area (Å²) in [5, 5.41) is 12.6. The minimum atomic E-state index is -0.891. The molecule has 0 bridgehead atoms. The maximum absolute atomic E-state index is 11.0. The first-order valence-corrected chi connectivity index (χ1v) is 5.75. The summed E-state index contributed by atoms with van der Waals surface area (Å²) in [5.74, 6) is -0.891. The molecule has 0 aliphatic carbocycles. The maximum Gasteiger partial charge on any atom is 0.326 e. The van der Waals surface area contributed by atoms with Crippen LogP contribution in [0.15, 0.2) is 18.2 Å². The molecule has 1 aromatic carbocycles. The summed E-state index contributed by atoms with van der Waals surface area (Å²) < 4.78 is 0. The lowest BCUT2D eigenvalue weighted by atomic mass is 10.1. The van der Waals surface area contributed by atoms with E-state index in [0.29, 0.717) is 22.2 Å². The van der Waals surface area contributed by atoms with Gasteiger partial charge in [-0.05, 0) is 18.6 Å². The molecule has 0 amide bonds. The topological polar surface area (TPSA) is 49.3 Å². The number of carbonyl (C=O) groups is 1. The molecule has 0 saturated heterocycles. The maximum atomic E-state index is 11.0. The highest BCUT2D eigenvalue weighted by Gasteiger charge is 2.17. The molecule has 2 N–H and O–H groups in total. The number of benzene rings is 1. The number of halogens is 2. The van der Waals surface area contributed by atoms with Gasteiger partial charge < -0.3 is 10.4 Å². The van der Waals surface area contributed by atoms with E-state index in [2.05, 4.69) is 5.32 Å². The molecule has 88 valence electrons. The van der Waals surface area contributed by atoms with Gasteiger partial charge in [0.2, 0.25) is 0 Å². The average Bonchev–Trinajstić information content (AvgIpc) is 2.23. The lowest BCUT2D eigenvalue weighted by Crippen LogP contribution is -2.29. The Morgan fingerprint density at radius 2 is 2.19 bits per heavy atom. The van der Waals surface area contributed by atoms with Gasteiger partial charge in [-0.3, -0.25) is 0 Å². The Kier molecular flexibility index (Phi) is 4.90. The summed E-state index contributed by atoms with van der Waals surface area (Å²) in [4.78, 5) is 11.0. The van der Waals surface area contributed by atoms with Crippen molar-refractivity contribution in [3.05, 3.63) is 28.2 Å². The second-order valence-electron chi connectivity index (χ2n) is 3.43. The van der Waals surface area contributed by atoms with Crippen LogP contribution < -0.4 is 5.32 Å². The molecular weight excluding hydrogens is 249 g/mol. The number of nitrogens with one attached hydrogen (secondary N) is 1. The number of hydrogen-bond acceptors (Lipinski definition) is 2. The highest BCUT2D eigenvalue weighted by Crippen LogP contribution is 2.30. The van der Waals surface area contributed by atoms with Crippen molar-refractivity contribution in [2.24, 2.45) is 0 Å². The summed E-state index contributed by atoms with van der Waals surface area (Å²) in [6.07, 6.45) is 1.32. The number of anilines is 1. The van der Waals surface area contributed by atoms with Gasteiger partial charge in [-0.2, -0.15) is 0 Å². The Bertz CT molecular complexity index is 382. The highest BCUT2D eigenvalue weighted by molar-refractivity contribution is 6.43. The van der Waals surface area contributed by atoms with Gasteiger partial charge in [-0.15, -0.1) is 0 Å². The third-order valence-electron chi connectivity index (χ3n) is 2.16. The van der Waals surface area contributed by atoms with Crippen LogP contribution in [0.2, 0.25) is 10.0 Å². The minimum Gasteiger partial charge on any atom is -0.480 e. The van der Waals surface area contributed by atoms with Gasteiger partial charge in [-0.1, -0.05) is 42.6 Å². The fourth-order valence-corrected chi connectivity index (χ4v) is 1.70. The molecule has 16 heavy (non-hydrogen) atoms. The largest absolute Gasteiger partial charge is 0.480 e. The van der Waals surface area contributed by atoms with Gasteiger partial charge in [0, 0.05) is 0 Å². The predicted octanol–water partition coefficient (Wildman–Crippen LogP) is 3.66. The molecule has 0 radical (unpaired) electrons. The van der Waals surface area contributed by atoms with Crippen molar-refractivity contribution in [2.45, 2.75) is 25.8 Å². The second-order valence-corrected chi connectivity index (χ2v) is 4.21. The third kappa shape index (κ3) is 3.29. The molecule has 1 atom stereocenters. The Morgan fingerprint density at radius 1 is 1.50 bits per heavy atom. The standard InChI is InChI=1S/C11H13Cl2NO2/c1-2-4-9(11(15)16)14-8-6-3-5-7(12)10(8)13/h3,5-6,9,14H,2,4H2,1H3,(H,15,16). The monoisotopic (exact) mass is 261 g/mol. The number of carboxylic acids is 1. The van der Waals surface area contributed by atoms with Crippen molar-refractivity contribution in [1.82, 2.24) is 0 Å². The van der Waals surface area contributed by atoms with Gasteiger partial charge >= 0.3 is 5.97 Å². The lowest BCUT2D eigenvalue weighted by Gasteiger charge is -2.16. The quantitative estimate of drug-likeness (QED) is 0.851. The van der Waals surface area contributed by atoms with E-state index in [4.69, 9.17) is 28.3 Å². The van der Waals surface area contributed by atoms with E-state index in [1.807, 2.05) is 6.92 Å². The third-order valence-corrected chi connectivity index (χ3v) is 2.98. The van der Waals surface area contributed by atoms with Crippen molar-refractivity contribution in [3.8, 4) is 0 Å². The Hall–Kier alpha value is -0.930. The second kappa shape index (κ2) is 5.97. The Morgan fingerprint density at radius 3 is 2.75 bits per heavy atom. The first-order valence-electron chi connectivity index (χ1n) is 4.99. The van der Waals surface area contributed by atoms with Crippen LogP contribution in [0.25, 0.3) is 0 Å². The van der Waals surface area contributed by atoms with Crippen molar-refractivity contribution >= 4 is 34.9 Å². The molecule has 0 aromatic heterocycles. The molecule has 0 saturated carbocycles. The van der Waals surface area contributed by atoms with Crippen molar-refractivity contribution < 1.29 is 9.90 Å². The number of rotatable bonds is 5. The lowest BCUT2D eigenvalue weighted by molar-refractivity contribution is -0.138. The van der Waals surface area contributed by atoms with Crippen LogP contribution in [0.5, 0.6) is 0 Å². The minimum absolute atomic E-state index is 0.353. The molecule has 1 aromatic rings. The first-order chi connectivity index (χ1) is 7.56. The van der Waals surface area contributed by atoms with Gasteiger partial charge in [0.1, 0.15) is 6.04 Å². The summed E-state index contributed by atoms with van der Waals surface area (Å²) in [6, 6.07) is 4.45. The van der Waals surface area contributed by atoms with Crippen molar-refractivity contribution in [1.29, 1.82) is 0 Å². The number of carboxylic acid groups (broad SMARTS) is 1. The van der Waals surface area contributed by atoms with E-state index >= 15 is 0 Å². The molecular formula is C11H13Cl2NO2. The molecule has 3 nitrogen and oxygen atoms in total. The van der Waals surface area contributed by atoms with Gasteiger partial charge in [0.15, 0.2) is 0 Å². The van der Waals surface area contributed by atoms with Crippen LogP contribution in [0.1, 0.15) is 19.8 Å². The van der Waals surface area contributed by atoms with Crippen LogP contribution >= 0.6 is 23.2 Å². The van der Waals surface area contributed by atoms with Gasteiger partial charge in [0.05, 0.1) is 15.7 Å². The SMILES string of the molecule is CCCC(Nc1cccc(Cl)c1Cl)C(=O)O. The van der Waals surface area contributed by atoms with Gasteiger partial charge in [-0.25, -0.2) is 4.79 Å². The zero-order chi connectivity index (χ0) is 12.1.